The van der Waals surface area contributed by atoms with Crippen LogP contribution in [0.25, 0.3) is 0 Å². The fraction of sp³-hybridized carbons (Fsp3) is 0.667. The fourth-order valence-corrected chi connectivity index (χ4v) is 3.60. The van der Waals surface area contributed by atoms with E-state index in [0.717, 1.165) is 38.5 Å². The summed E-state index contributed by atoms with van der Waals surface area (Å²) in [6.07, 6.45) is 16.7. The SMILES string of the molecule is CCCCC(C)(C)C(O)C=C[C@H]1CCC(=O)[C@@H]1CC/C=C/C=C/C(=O)OCC. The Morgan fingerprint density at radius 3 is 2.75 bits per heavy atom. The monoisotopic (exact) mass is 390 g/mol. The molecular formula is C24H38O4. The maximum Gasteiger partial charge on any atom is 0.330 e. The van der Waals surface area contributed by atoms with E-state index >= 15 is 0 Å². The molecule has 1 unspecified atom stereocenters. The van der Waals surface area contributed by atoms with Gasteiger partial charge in [-0.25, -0.2) is 4.79 Å². The van der Waals surface area contributed by atoms with Crippen molar-refractivity contribution in [3.05, 3.63) is 36.5 Å². The van der Waals surface area contributed by atoms with Crippen LogP contribution in [0.5, 0.6) is 0 Å². The molecular weight excluding hydrogens is 352 g/mol. The lowest BCUT2D eigenvalue weighted by Crippen LogP contribution is -2.27. The van der Waals surface area contributed by atoms with Crippen molar-refractivity contribution in [3.63, 3.8) is 0 Å². The highest BCUT2D eigenvalue weighted by Crippen LogP contribution is 2.35. The van der Waals surface area contributed by atoms with Crippen LogP contribution < -0.4 is 0 Å². The number of rotatable bonds is 12. The molecule has 0 heterocycles. The Bertz CT molecular complexity index is 571. The zero-order valence-corrected chi connectivity index (χ0v) is 18.0. The highest BCUT2D eigenvalue weighted by atomic mass is 16.5. The number of carbonyl (C=O) groups is 2. The van der Waals surface area contributed by atoms with Gasteiger partial charge in [0, 0.05) is 18.4 Å². The molecule has 0 bridgehead atoms. The average Bonchev–Trinajstić information content (AvgIpc) is 3.00. The van der Waals surface area contributed by atoms with Crippen molar-refractivity contribution in [2.45, 2.75) is 78.7 Å². The molecule has 1 aliphatic rings. The number of unbranched alkanes of at least 4 members (excludes halogenated alkanes) is 1. The summed E-state index contributed by atoms with van der Waals surface area (Å²) in [5.74, 6) is 0.224. The zero-order valence-electron chi connectivity index (χ0n) is 18.0. The van der Waals surface area contributed by atoms with Gasteiger partial charge in [-0.05, 0) is 43.9 Å². The second-order valence-corrected chi connectivity index (χ2v) is 8.31. The molecule has 0 amide bonds. The molecule has 4 nitrogen and oxygen atoms in total. The summed E-state index contributed by atoms with van der Waals surface area (Å²) in [4.78, 5) is 23.5. The predicted molar refractivity (Wildman–Crippen MR) is 114 cm³/mol. The second kappa shape index (κ2) is 12.7. The van der Waals surface area contributed by atoms with E-state index in [1.807, 2.05) is 18.2 Å². The highest BCUT2D eigenvalue weighted by Gasteiger charge is 2.33. The van der Waals surface area contributed by atoms with Gasteiger partial charge in [0.1, 0.15) is 5.78 Å². The lowest BCUT2D eigenvalue weighted by atomic mass is 9.80. The predicted octanol–water partition coefficient (Wildman–Crippen LogP) is 5.17. The van der Waals surface area contributed by atoms with Crippen LogP contribution in [0.15, 0.2) is 36.5 Å². The number of carbonyl (C=O) groups excluding carboxylic acids is 2. The third kappa shape index (κ3) is 8.55. The molecule has 3 atom stereocenters. The van der Waals surface area contributed by atoms with Crippen LogP contribution >= 0.6 is 0 Å². The molecule has 0 aromatic rings. The molecule has 1 fully saturated rings. The lowest BCUT2D eigenvalue weighted by Gasteiger charge is -2.29. The van der Waals surface area contributed by atoms with Crippen LogP contribution in [0.2, 0.25) is 0 Å². The molecule has 0 saturated heterocycles. The van der Waals surface area contributed by atoms with Crippen LogP contribution in [0, 0.1) is 17.3 Å². The van der Waals surface area contributed by atoms with Gasteiger partial charge in [-0.3, -0.25) is 4.79 Å². The van der Waals surface area contributed by atoms with Crippen molar-refractivity contribution in [1.82, 2.24) is 0 Å². The maximum absolute atomic E-state index is 12.3. The van der Waals surface area contributed by atoms with Crippen molar-refractivity contribution in [2.24, 2.45) is 17.3 Å². The molecule has 4 heteroatoms. The van der Waals surface area contributed by atoms with Crippen molar-refractivity contribution in [3.8, 4) is 0 Å². The Balaban J connectivity index is 2.52. The van der Waals surface area contributed by atoms with Crippen LogP contribution in [-0.2, 0) is 14.3 Å². The van der Waals surface area contributed by atoms with Gasteiger partial charge >= 0.3 is 5.97 Å². The topological polar surface area (TPSA) is 63.6 Å². The van der Waals surface area contributed by atoms with Gasteiger partial charge in [-0.2, -0.15) is 0 Å². The van der Waals surface area contributed by atoms with E-state index < -0.39 is 6.10 Å². The van der Waals surface area contributed by atoms with E-state index in [9.17, 15) is 14.7 Å². The summed E-state index contributed by atoms with van der Waals surface area (Å²) < 4.78 is 4.82. The molecule has 1 N–H and O–H groups in total. The van der Waals surface area contributed by atoms with Crippen LogP contribution in [0.1, 0.15) is 72.6 Å². The summed E-state index contributed by atoms with van der Waals surface area (Å²) in [6.45, 7) is 8.51. The Kier molecular flexibility index (Phi) is 11.1. The minimum Gasteiger partial charge on any atom is -0.463 e. The fourth-order valence-electron chi connectivity index (χ4n) is 3.60. The highest BCUT2D eigenvalue weighted by molar-refractivity contribution is 5.83. The third-order valence-electron chi connectivity index (χ3n) is 5.58. The second-order valence-electron chi connectivity index (χ2n) is 8.31. The Morgan fingerprint density at radius 1 is 1.32 bits per heavy atom. The molecule has 0 spiro atoms. The molecule has 28 heavy (non-hydrogen) atoms. The average molecular weight is 391 g/mol. The first-order chi connectivity index (χ1) is 13.3. The summed E-state index contributed by atoms with van der Waals surface area (Å²) in [5, 5.41) is 10.5. The van der Waals surface area contributed by atoms with Crippen molar-refractivity contribution in [1.29, 1.82) is 0 Å². The first-order valence-corrected chi connectivity index (χ1v) is 10.7. The lowest BCUT2D eigenvalue weighted by molar-refractivity contribution is -0.137. The summed E-state index contributed by atoms with van der Waals surface area (Å²) in [7, 11) is 0. The van der Waals surface area contributed by atoms with E-state index in [2.05, 4.69) is 26.8 Å². The first-order valence-electron chi connectivity index (χ1n) is 10.7. The number of aliphatic hydroxyl groups is 1. The number of ether oxygens (including phenoxy) is 1. The normalized spacial score (nSPS) is 22.0. The molecule has 0 aromatic heterocycles. The molecule has 0 radical (unpaired) electrons. The van der Waals surface area contributed by atoms with Crippen molar-refractivity contribution in [2.75, 3.05) is 6.61 Å². The number of aliphatic hydroxyl groups excluding tert-OH is 1. The van der Waals surface area contributed by atoms with Crippen molar-refractivity contribution < 1.29 is 19.4 Å². The minimum atomic E-state index is -0.483. The molecule has 0 aromatic carbocycles. The minimum absolute atomic E-state index is 0.0286. The Morgan fingerprint density at radius 2 is 2.07 bits per heavy atom. The van der Waals surface area contributed by atoms with Gasteiger partial charge in [0.25, 0.3) is 0 Å². The maximum atomic E-state index is 12.3. The van der Waals surface area contributed by atoms with E-state index in [-0.39, 0.29) is 23.2 Å². The van der Waals surface area contributed by atoms with Crippen LogP contribution in [-0.4, -0.2) is 29.6 Å². The van der Waals surface area contributed by atoms with Gasteiger partial charge < -0.3 is 9.84 Å². The number of hydrogen-bond donors (Lipinski definition) is 1. The van der Waals surface area contributed by atoms with Crippen LogP contribution in [0.3, 0.4) is 0 Å². The van der Waals surface area contributed by atoms with Gasteiger partial charge in [-0.15, -0.1) is 0 Å². The Hall–Kier alpha value is -1.68. The standard InChI is InChI=1S/C24H38O4/c1-5-7-18-24(3,4)22(26)17-15-19-14-16-21(25)20(19)12-10-8-9-11-13-23(27)28-6-2/h8-9,11,13,15,17,19-20,22,26H,5-7,10,12,14,16,18H2,1-4H3/b9-8+,13-11+,17-15?/t19-,20-,22?/m1/s1. The van der Waals surface area contributed by atoms with Gasteiger partial charge in [0.05, 0.1) is 12.7 Å². The third-order valence-corrected chi connectivity index (χ3v) is 5.58. The molecule has 1 rings (SSSR count). The van der Waals surface area contributed by atoms with Crippen molar-refractivity contribution >= 4 is 11.8 Å². The number of ketones is 1. The summed E-state index contributed by atoms with van der Waals surface area (Å²) in [5.41, 5.74) is -0.140. The number of esters is 1. The van der Waals surface area contributed by atoms with E-state index in [4.69, 9.17) is 4.74 Å². The van der Waals surface area contributed by atoms with E-state index in [0.29, 0.717) is 18.8 Å². The number of Topliss-reactive ketones (excluding diaryl/α,β-unsaturated/α-hetero) is 1. The number of allylic oxidation sites excluding steroid dienone is 4. The number of hydrogen-bond acceptors (Lipinski definition) is 4. The molecule has 1 saturated carbocycles. The van der Waals surface area contributed by atoms with Gasteiger partial charge in [0.15, 0.2) is 0 Å². The van der Waals surface area contributed by atoms with Crippen LogP contribution in [0.4, 0.5) is 0 Å². The van der Waals surface area contributed by atoms with E-state index in [1.54, 1.807) is 13.0 Å². The largest absolute Gasteiger partial charge is 0.463 e. The molecule has 1 aliphatic carbocycles. The first kappa shape index (κ1) is 24.4. The zero-order chi connectivity index (χ0) is 21.0. The van der Waals surface area contributed by atoms with Gasteiger partial charge in [-0.1, -0.05) is 64.0 Å². The smallest absolute Gasteiger partial charge is 0.330 e. The van der Waals surface area contributed by atoms with E-state index in [1.165, 1.54) is 6.08 Å². The Labute approximate surface area is 170 Å². The molecule has 0 aliphatic heterocycles. The molecule has 158 valence electrons. The summed E-state index contributed by atoms with van der Waals surface area (Å²) >= 11 is 0. The summed E-state index contributed by atoms with van der Waals surface area (Å²) in [6, 6.07) is 0. The van der Waals surface area contributed by atoms with Gasteiger partial charge in [0.2, 0.25) is 0 Å². The quantitative estimate of drug-likeness (QED) is 0.216.